The third-order valence-corrected chi connectivity index (χ3v) is 4.17. The lowest BCUT2D eigenvalue weighted by atomic mass is 9.89. The molecular weight excluding hydrogens is 292 g/mol. The third-order valence-electron chi connectivity index (χ3n) is 4.17. The first-order valence-electron chi connectivity index (χ1n) is 8.28. The maximum absolute atomic E-state index is 12.1. The van der Waals surface area contributed by atoms with Crippen LogP contribution < -0.4 is 10.6 Å². The number of fused-ring (bicyclic) bond motifs is 1. The topological polar surface area (TPSA) is 78.4 Å². The Labute approximate surface area is 137 Å². The third kappa shape index (κ3) is 5.06. The van der Waals surface area contributed by atoms with Gasteiger partial charge in [-0.05, 0) is 36.8 Å². The Hall–Kier alpha value is -1.88. The molecule has 5 nitrogen and oxygen atoms in total. The van der Waals surface area contributed by atoms with Crippen molar-refractivity contribution in [3.63, 3.8) is 0 Å². The summed E-state index contributed by atoms with van der Waals surface area (Å²) in [5, 5.41) is 15.1. The molecule has 0 fully saturated rings. The number of aliphatic hydroxyl groups excluding tert-OH is 1. The molecule has 23 heavy (non-hydrogen) atoms. The van der Waals surface area contributed by atoms with E-state index in [0.717, 1.165) is 17.7 Å². The van der Waals surface area contributed by atoms with Crippen LogP contribution in [0.25, 0.3) is 0 Å². The van der Waals surface area contributed by atoms with Crippen molar-refractivity contribution in [2.75, 3.05) is 11.9 Å². The normalized spacial score (nSPS) is 18.3. The number of benzene rings is 1. The summed E-state index contributed by atoms with van der Waals surface area (Å²) in [6.07, 6.45) is 2.24. The summed E-state index contributed by atoms with van der Waals surface area (Å²) >= 11 is 0. The fourth-order valence-electron chi connectivity index (χ4n) is 3.00. The van der Waals surface area contributed by atoms with Gasteiger partial charge in [0.1, 0.15) is 0 Å². The van der Waals surface area contributed by atoms with E-state index in [1.807, 2.05) is 24.3 Å². The second-order valence-electron chi connectivity index (χ2n) is 6.66. The van der Waals surface area contributed by atoms with E-state index < -0.39 is 0 Å². The van der Waals surface area contributed by atoms with Crippen molar-refractivity contribution in [1.82, 2.24) is 5.32 Å². The molecule has 0 radical (unpaired) electrons. The molecule has 1 aliphatic heterocycles. The molecule has 0 spiro atoms. The van der Waals surface area contributed by atoms with Crippen LogP contribution in [0.1, 0.15) is 38.7 Å². The van der Waals surface area contributed by atoms with Crippen molar-refractivity contribution in [3.8, 4) is 0 Å². The molecule has 2 unspecified atom stereocenters. The highest BCUT2D eigenvalue weighted by atomic mass is 16.3. The van der Waals surface area contributed by atoms with Crippen molar-refractivity contribution in [2.45, 2.75) is 45.6 Å². The van der Waals surface area contributed by atoms with Gasteiger partial charge >= 0.3 is 0 Å². The van der Waals surface area contributed by atoms with E-state index in [0.29, 0.717) is 25.2 Å². The maximum Gasteiger partial charge on any atom is 0.227 e. The number of rotatable bonds is 7. The minimum absolute atomic E-state index is 0.0163. The average Bonchev–Trinajstić information content (AvgIpc) is 2.51. The van der Waals surface area contributed by atoms with E-state index in [2.05, 4.69) is 24.5 Å². The van der Waals surface area contributed by atoms with Gasteiger partial charge in [0, 0.05) is 18.0 Å². The molecule has 2 atom stereocenters. The van der Waals surface area contributed by atoms with Crippen molar-refractivity contribution in [1.29, 1.82) is 0 Å². The highest BCUT2D eigenvalue weighted by Gasteiger charge is 2.26. The van der Waals surface area contributed by atoms with Crippen molar-refractivity contribution in [2.24, 2.45) is 11.8 Å². The van der Waals surface area contributed by atoms with Gasteiger partial charge in [0.25, 0.3) is 0 Å². The molecule has 0 bridgehead atoms. The predicted molar refractivity (Wildman–Crippen MR) is 90.0 cm³/mol. The van der Waals surface area contributed by atoms with Crippen LogP contribution in [-0.4, -0.2) is 29.6 Å². The smallest absolute Gasteiger partial charge is 0.227 e. The highest BCUT2D eigenvalue weighted by molar-refractivity contribution is 5.96. The molecule has 0 aliphatic carbocycles. The number of amides is 2. The molecular formula is C18H26N2O3. The van der Waals surface area contributed by atoms with Gasteiger partial charge in [-0.25, -0.2) is 0 Å². The zero-order chi connectivity index (χ0) is 16.8. The summed E-state index contributed by atoms with van der Waals surface area (Å²) in [6, 6.07) is 7.55. The fraction of sp³-hybridized carbons (Fsp3) is 0.556. The van der Waals surface area contributed by atoms with Gasteiger partial charge in [-0.1, -0.05) is 32.0 Å². The first-order chi connectivity index (χ1) is 11.0. The molecule has 5 heteroatoms. The van der Waals surface area contributed by atoms with Gasteiger partial charge in [-0.15, -0.1) is 0 Å². The number of hydrogen-bond acceptors (Lipinski definition) is 3. The van der Waals surface area contributed by atoms with Gasteiger partial charge in [-0.3, -0.25) is 9.59 Å². The highest BCUT2D eigenvalue weighted by Crippen LogP contribution is 2.27. The van der Waals surface area contributed by atoms with Crippen LogP contribution in [0.2, 0.25) is 0 Å². The molecule has 2 rings (SSSR count). The van der Waals surface area contributed by atoms with E-state index in [4.69, 9.17) is 0 Å². The minimum atomic E-state index is -0.205. The van der Waals surface area contributed by atoms with E-state index in [1.165, 1.54) is 0 Å². The second kappa shape index (κ2) is 8.11. The number of anilines is 1. The molecule has 1 aromatic carbocycles. The molecule has 0 aromatic heterocycles. The van der Waals surface area contributed by atoms with Gasteiger partial charge in [0.05, 0.1) is 12.6 Å². The van der Waals surface area contributed by atoms with Crippen LogP contribution in [0, 0.1) is 11.8 Å². The van der Waals surface area contributed by atoms with Crippen LogP contribution in [0.5, 0.6) is 0 Å². The minimum Gasteiger partial charge on any atom is -0.394 e. The van der Waals surface area contributed by atoms with Crippen LogP contribution in [0.4, 0.5) is 5.69 Å². The van der Waals surface area contributed by atoms with Gasteiger partial charge in [-0.2, -0.15) is 0 Å². The lowest BCUT2D eigenvalue weighted by Crippen LogP contribution is -2.39. The largest absolute Gasteiger partial charge is 0.394 e. The summed E-state index contributed by atoms with van der Waals surface area (Å²) < 4.78 is 0. The van der Waals surface area contributed by atoms with E-state index in [1.54, 1.807) is 0 Å². The first-order valence-corrected chi connectivity index (χ1v) is 8.28. The zero-order valence-corrected chi connectivity index (χ0v) is 13.8. The maximum atomic E-state index is 12.1. The van der Waals surface area contributed by atoms with Crippen molar-refractivity contribution < 1.29 is 14.7 Å². The second-order valence-corrected chi connectivity index (χ2v) is 6.66. The quantitative estimate of drug-likeness (QED) is 0.720. The van der Waals surface area contributed by atoms with Gasteiger partial charge in [0.15, 0.2) is 0 Å². The summed E-state index contributed by atoms with van der Waals surface area (Å²) in [5.41, 5.74) is 1.99. The molecule has 1 aliphatic rings. The summed E-state index contributed by atoms with van der Waals surface area (Å²) in [5.74, 6) is 0.121. The van der Waals surface area contributed by atoms with E-state index in [9.17, 15) is 14.7 Å². The number of nitrogens with one attached hydrogen (secondary N) is 2. The molecule has 3 N–H and O–H groups in total. The lowest BCUT2D eigenvalue weighted by Gasteiger charge is -2.24. The monoisotopic (exact) mass is 318 g/mol. The Morgan fingerprint density at radius 3 is 2.83 bits per heavy atom. The number of para-hydroxylation sites is 1. The standard InChI is InChI=1S/C18H26N2O3/c1-12(2)9-15(11-21)19-17(22)8-7-14-10-13-5-3-4-6-16(13)20-18(14)23/h3-6,12,14-15,21H,7-11H2,1-2H3,(H,19,22)(H,20,23). The molecule has 126 valence electrons. The summed E-state index contributed by atoms with van der Waals surface area (Å²) in [7, 11) is 0. The number of carbonyl (C=O) groups excluding carboxylic acids is 2. The molecule has 0 saturated carbocycles. The Kier molecular flexibility index (Phi) is 6.16. The fourth-order valence-corrected chi connectivity index (χ4v) is 3.00. The van der Waals surface area contributed by atoms with Crippen LogP contribution >= 0.6 is 0 Å². The van der Waals surface area contributed by atoms with Crippen LogP contribution in [0.15, 0.2) is 24.3 Å². The average molecular weight is 318 g/mol. The molecule has 2 amide bonds. The Morgan fingerprint density at radius 2 is 2.13 bits per heavy atom. The Bertz CT molecular complexity index is 557. The predicted octanol–water partition coefficient (Wildman–Crippen LogP) is 2.10. The van der Waals surface area contributed by atoms with Crippen LogP contribution in [-0.2, 0) is 16.0 Å². The van der Waals surface area contributed by atoms with Gasteiger partial charge < -0.3 is 15.7 Å². The first kappa shape index (κ1) is 17.5. The number of carbonyl (C=O) groups is 2. The Balaban J connectivity index is 1.84. The number of hydrogen-bond donors (Lipinski definition) is 3. The van der Waals surface area contributed by atoms with E-state index in [-0.39, 0.29) is 30.4 Å². The molecule has 1 aromatic rings. The van der Waals surface area contributed by atoms with E-state index >= 15 is 0 Å². The summed E-state index contributed by atoms with van der Waals surface area (Å²) in [6.45, 7) is 4.05. The van der Waals surface area contributed by atoms with Gasteiger partial charge in [0.2, 0.25) is 11.8 Å². The Morgan fingerprint density at radius 1 is 1.39 bits per heavy atom. The zero-order valence-electron chi connectivity index (χ0n) is 13.8. The SMILES string of the molecule is CC(C)CC(CO)NC(=O)CCC1Cc2ccccc2NC1=O. The molecule has 1 heterocycles. The molecule has 0 saturated heterocycles. The van der Waals surface area contributed by atoms with Crippen molar-refractivity contribution in [3.05, 3.63) is 29.8 Å². The summed E-state index contributed by atoms with van der Waals surface area (Å²) in [4.78, 5) is 24.1. The van der Waals surface area contributed by atoms with Crippen molar-refractivity contribution >= 4 is 17.5 Å². The lowest BCUT2D eigenvalue weighted by molar-refractivity contribution is -0.123. The number of aliphatic hydroxyl groups is 1. The van der Waals surface area contributed by atoms with Crippen LogP contribution in [0.3, 0.4) is 0 Å².